The van der Waals surface area contributed by atoms with Gasteiger partial charge in [0.15, 0.2) is 0 Å². The fourth-order valence-corrected chi connectivity index (χ4v) is 2.96. The zero-order valence-corrected chi connectivity index (χ0v) is 16.1. The van der Waals surface area contributed by atoms with Crippen LogP contribution in [0.2, 0.25) is 0 Å². The number of hydrogen-bond acceptors (Lipinski definition) is 3. The third kappa shape index (κ3) is 4.89. The number of nitrogens with zero attached hydrogens (tertiary/aromatic N) is 3. The number of amides is 1. The summed E-state index contributed by atoms with van der Waals surface area (Å²) < 4.78 is 0.956. The third-order valence-corrected chi connectivity index (χ3v) is 4.50. The number of carbonyl (C=O) groups is 1. The molecular weight excluding hydrogens is 366 g/mol. The van der Waals surface area contributed by atoms with Gasteiger partial charge in [0.2, 0.25) is 0 Å². The highest BCUT2D eigenvalue weighted by atomic mass is 79.9. The van der Waals surface area contributed by atoms with Gasteiger partial charge in [0.1, 0.15) is 5.69 Å². The smallest absolute Gasteiger partial charge is 0.276 e. The number of likely N-dealkylation sites (N-methyl/N-ethyl adjacent to an activating group) is 1. The van der Waals surface area contributed by atoms with E-state index in [2.05, 4.69) is 39.7 Å². The Balaban J connectivity index is 2.29. The van der Waals surface area contributed by atoms with Crippen LogP contribution >= 0.6 is 15.9 Å². The minimum absolute atomic E-state index is 0.0658. The van der Waals surface area contributed by atoms with E-state index >= 15 is 0 Å². The van der Waals surface area contributed by atoms with Gasteiger partial charge in [-0.1, -0.05) is 41.9 Å². The Bertz CT molecular complexity index is 686. The summed E-state index contributed by atoms with van der Waals surface area (Å²) in [4.78, 5) is 21.5. The first-order valence-electron chi connectivity index (χ1n) is 8.28. The van der Waals surface area contributed by atoms with E-state index in [1.807, 2.05) is 48.2 Å². The summed E-state index contributed by atoms with van der Waals surface area (Å²) >= 11 is 3.49. The summed E-state index contributed by atoms with van der Waals surface area (Å²) in [5.41, 5.74) is 2.21. The van der Waals surface area contributed by atoms with Gasteiger partial charge in [-0.25, -0.2) is 4.98 Å². The van der Waals surface area contributed by atoms with E-state index in [0.29, 0.717) is 12.2 Å². The molecule has 0 bridgehead atoms. The predicted molar refractivity (Wildman–Crippen MR) is 103 cm³/mol. The highest BCUT2D eigenvalue weighted by Crippen LogP contribution is 2.21. The topological polar surface area (TPSA) is 36.4 Å². The van der Waals surface area contributed by atoms with Crippen LogP contribution in [0.3, 0.4) is 0 Å². The molecule has 0 aliphatic heterocycles. The molecule has 0 aliphatic rings. The van der Waals surface area contributed by atoms with Crippen molar-refractivity contribution in [2.75, 3.05) is 31.1 Å². The number of anilines is 1. The standard InChI is InChI=1S/C19H24BrN3O/c1-4-22(5-2)12-13-23(17-10-7-9-16(20)14-17)19(24)18-11-6-8-15(3)21-18/h6-11,14H,4-5,12-13H2,1-3H3. The van der Waals surface area contributed by atoms with Crippen LogP contribution in [0.25, 0.3) is 0 Å². The number of benzene rings is 1. The minimum Gasteiger partial charge on any atom is -0.306 e. The second kappa shape index (κ2) is 8.94. The van der Waals surface area contributed by atoms with Crippen LogP contribution in [-0.4, -0.2) is 42.0 Å². The summed E-state index contributed by atoms with van der Waals surface area (Å²) in [6, 6.07) is 13.4. The van der Waals surface area contributed by atoms with Crippen LogP contribution in [0, 0.1) is 6.92 Å². The average molecular weight is 390 g/mol. The molecule has 0 aliphatic carbocycles. The van der Waals surface area contributed by atoms with Crippen molar-refractivity contribution in [3.8, 4) is 0 Å². The molecule has 24 heavy (non-hydrogen) atoms. The Morgan fingerprint density at radius 2 is 1.79 bits per heavy atom. The molecule has 2 aromatic rings. The molecule has 0 unspecified atom stereocenters. The van der Waals surface area contributed by atoms with Crippen molar-refractivity contribution >= 4 is 27.5 Å². The molecule has 0 radical (unpaired) electrons. The van der Waals surface area contributed by atoms with Gasteiger partial charge >= 0.3 is 0 Å². The van der Waals surface area contributed by atoms with Crippen molar-refractivity contribution in [3.05, 3.63) is 58.3 Å². The molecule has 4 nitrogen and oxygen atoms in total. The first-order chi connectivity index (χ1) is 11.5. The molecule has 2 rings (SSSR count). The number of aromatic nitrogens is 1. The lowest BCUT2D eigenvalue weighted by molar-refractivity contribution is 0.0979. The van der Waals surface area contributed by atoms with E-state index in [-0.39, 0.29) is 5.91 Å². The van der Waals surface area contributed by atoms with E-state index in [9.17, 15) is 4.79 Å². The fraction of sp³-hybridized carbons (Fsp3) is 0.368. The van der Waals surface area contributed by atoms with E-state index in [1.165, 1.54) is 0 Å². The molecule has 0 saturated carbocycles. The van der Waals surface area contributed by atoms with E-state index < -0.39 is 0 Å². The maximum Gasteiger partial charge on any atom is 0.276 e. The molecule has 0 spiro atoms. The summed E-state index contributed by atoms with van der Waals surface area (Å²) in [5.74, 6) is -0.0658. The zero-order chi connectivity index (χ0) is 17.5. The summed E-state index contributed by atoms with van der Waals surface area (Å²) in [7, 11) is 0. The fourth-order valence-electron chi connectivity index (χ4n) is 2.57. The van der Waals surface area contributed by atoms with Gasteiger partial charge in [0, 0.05) is 28.9 Å². The number of halogens is 1. The largest absolute Gasteiger partial charge is 0.306 e. The van der Waals surface area contributed by atoms with Crippen molar-refractivity contribution in [3.63, 3.8) is 0 Å². The first-order valence-corrected chi connectivity index (χ1v) is 9.08. The molecule has 1 amide bonds. The van der Waals surface area contributed by atoms with Crippen molar-refractivity contribution in [1.29, 1.82) is 0 Å². The molecule has 1 aromatic carbocycles. The monoisotopic (exact) mass is 389 g/mol. The van der Waals surface area contributed by atoms with E-state index in [1.54, 1.807) is 6.07 Å². The van der Waals surface area contributed by atoms with Gasteiger partial charge < -0.3 is 9.80 Å². The number of hydrogen-bond donors (Lipinski definition) is 0. The second-order valence-corrected chi connectivity index (χ2v) is 6.54. The molecule has 1 heterocycles. The summed E-state index contributed by atoms with van der Waals surface area (Å²) in [6.45, 7) is 9.58. The van der Waals surface area contributed by atoms with Gasteiger partial charge in [-0.3, -0.25) is 4.79 Å². The number of pyridine rings is 1. The quantitative estimate of drug-likeness (QED) is 0.713. The second-order valence-electron chi connectivity index (χ2n) is 5.63. The highest BCUT2D eigenvalue weighted by molar-refractivity contribution is 9.10. The maximum atomic E-state index is 13.0. The normalized spacial score (nSPS) is 10.9. The van der Waals surface area contributed by atoms with Crippen LogP contribution in [0.1, 0.15) is 30.0 Å². The number of rotatable bonds is 7. The number of carbonyl (C=O) groups excluding carboxylic acids is 1. The summed E-state index contributed by atoms with van der Waals surface area (Å²) in [5, 5.41) is 0. The molecule has 1 aromatic heterocycles. The molecule has 5 heteroatoms. The van der Waals surface area contributed by atoms with Crippen LogP contribution in [0.5, 0.6) is 0 Å². The van der Waals surface area contributed by atoms with Gasteiger partial charge in [0.25, 0.3) is 5.91 Å². The minimum atomic E-state index is -0.0658. The van der Waals surface area contributed by atoms with E-state index in [4.69, 9.17) is 0 Å². The van der Waals surface area contributed by atoms with Gasteiger partial charge in [-0.05, 0) is 50.3 Å². The lowest BCUT2D eigenvalue weighted by atomic mass is 10.2. The predicted octanol–water partition coefficient (Wildman–Crippen LogP) is 4.14. The van der Waals surface area contributed by atoms with Crippen LogP contribution < -0.4 is 4.90 Å². The Labute approximate surface area is 152 Å². The molecule has 0 N–H and O–H groups in total. The van der Waals surface area contributed by atoms with Crippen LogP contribution in [0.4, 0.5) is 5.69 Å². The van der Waals surface area contributed by atoms with Crippen molar-refractivity contribution in [2.45, 2.75) is 20.8 Å². The maximum absolute atomic E-state index is 13.0. The van der Waals surface area contributed by atoms with Crippen molar-refractivity contribution in [1.82, 2.24) is 9.88 Å². The van der Waals surface area contributed by atoms with Crippen LogP contribution in [0.15, 0.2) is 46.9 Å². The van der Waals surface area contributed by atoms with E-state index in [0.717, 1.165) is 35.5 Å². The highest BCUT2D eigenvalue weighted by Gasteiger charge is 2.19. The zero-order valence-electron chi connectivity index (χ0n) is 14.5. The Morgan fingerprint density at radius 3 is 2.42 bits per heavy atom. The molecule has 0 saturated heterocycles. The molecule has 0 atom stereocenters. The van der Waals surface area contributed by atoms with Crippen molar-refractivity contribution in [2.24, 2.45) is 0 Å². The third-order valence-electron chi connectivity index (χ3n) is 4.01. The average Bonchev–Trinajstić information content (AvgIpc) is 2.58. The number of aryl methyl sites for hydroxylation is 1. The first kappa shape index (κ1) is 18.6. The van der Waals surface area contributed by atoms with Crippen LogP contribution in [-0.2, 0) is 0 Å². The Morgan fingerprint density at radius 1 is 1.08 bits per heavy atom. The van der Waals surface area contributed by atoms with Gasteiger partial charge in [-0.15, -0.1) is 0 Å². The summed E-state index contributed by atoms with van der Waals surface area (Å²) in [6.07, 6.45) is 0. The SMILES string of the molecule is CCN(CC)CCN(C(=O)c1cccc(C)n1)c1cccc(Br)c1. The van der Waals surface area contributed by atoms with Gasteiger partial charge in [-0.2, -0.15) is 0 Å². The van der Waals surface area contributed by atoms with Gasteiger partial charge in [0.05, 0.1) is 0 Å². The van der Waals surface area contributed by atoms with Crippen molar-refractivity contribution < 1.29 is 4.79 Å². The lowest BCUT2D eigenvalue weighted by Gasteiger charge is -2.26. The molecule has 0 fully saturated rings. The Kier molecular flexibility index (Phi) is 6.94. The Hall–Kier alpha value is -1.72. The molecular formula is C19H24BrN3O. The molecule has 128 valence electrons. The lowest BCUT2D eigenvalue weighted by Crippen LogP contribution is -2.39.